The van der Waals surface area contributed by atoms with Gasteiger partial charge >= 0.3 is 0 Å². The lowest BCUT2D eigenvalue weighted by atomic mass is 10.2. The number of rotatable bonds is 8. The van der Waals surface area contributed by atoms with Gasteiger partial charge in [0.05, 0.1) is 6.21 Å². The van der Waals surface area contributed by atoms with E-state index in [0.717, 1.165) is 16.7 Å². The molecule has 0 aromatic heterocycles. The summed E-state index contributed by atoms with van der Waals surface area (Å²) in [5.74, 6) is 1.04. The molecule has 0 aliphatic heterocycles. The van der Waals surface area contributed by atoms with Gasteiger partial charge in [0.25, 0.3) is 0 Å². The number of carbonyl (C=O) groups is 1. The van der Waals surface area contributed by atoms with E-state index in [2.05, 4.69) is 10.5 Å². The Morgan fingerprint density at radius 1 is 0.857 bits per heavy atom. The molecule has 0 saturated carbocycles. The summed E-state index contributed by atoms with van der Waals surface area (Å²) in [5, 5.41) is 3.90. The van der Waals surface area contributed by atoms with Gasteiger partial charge in [0.2, 0.25) is 5.91 Å². The molecule has 3 rings (SSSR count). The average Bonchev–Trinajstić information content (AvgIpc) is 2.73. The summed E-state index contributed by atoms with van der Waals surface area (Å²) in [7, 11) is 0. The van der Waals surface area contributed by atoms with Gasteiger partial charge in [0.15, 0.2) is 11.5 Å². The van der Waals surface area contributed by atoms with Crippen LogP contribution in [0.2, 0.25) is 0 Å². The van der Waals surface area contributed by atoms with Gasteiger partial charge in [-0.15, -0.1) is 0 Å². The van der Waals surface area contributed by atoms with Crippen LogP contribution in [0.4, 0.5) is 0 Å². The third-order valence-corrected chi connectivity index (χ3v) is 3.88. The van der Waals surface area contributed by atoms with E-state index >= 15 is 0 Å². The Labute approximate surface area is 164 Å². The molecule has 1 amide bonds. The topological polar surface area (TPSA) is 59.9 Å². The molecule has 0 aliphatic rings. The molecule has 3 aromatic carbocycles. The van der Waals surface area contributed by atoms with Crippen molar-refractivity contribution in [3.05, 3.63) is 95.6 Å². The highest BCUT2D eigenvalue weighted by atomic mass is 16.5. The van der Waals surface area contributed by atoms with Gasteiger partial charge in [0, 0.05) is 6.92 Å². The molecule has 0 heterocycles. The van der Waals surface area contributed by atoms with Crippen molar-refractivity contribution in [3.8, 4) is 11.5 Å². The maximum absolute atomic E-state index is 11.0. The van der Waals surface area contributed by atoms with Crippen LogP contribution in [0, 0.1) is 0 Å². The Morgan fingerprint density at radius 2 is 1.43 bits per heavy atom. The quantitative estimate of drug-likeness (QED) is 0.472. The summed E-state index contributed by atoms with van der Waals surface area (Å²) in [6.45, 7) is 2.28. The van der Waals surface area contributed by atoms with E-state index in [1.165, 1.54) is 6.92 Å². The summed E-state index contributed by atoms with van der Waals surface area (Å²) in [6.07, 6.45) is 1.57. The molecular weight excluding hydrogens is 352 g/mol. The molecule has 0 atom stereocenters. The minimum atomic E-state index is -0.223. The van der Waals surface area contributed by atoms with Crippen molar-refractivity contribution < 1.29 is 14.3 Å². The molecule has 5 nitrogen and oxygen atoms in total. The van der Waals surface area contributed by atoms with Gasteiger partial charge in [-0.3, -0.25) is 4.79 Å². The standard InChI is InChI=1S/C23H22N2O3/c1-18(26)25-24-15-21-12-13-22(27-16-19-8-4-2-5-9-19)23(14-21)28-17-20-10-6-3-7-11-20/h2-15H,16-17H2,1H3,(H,25,26)/b24-15+. The predicted octanol–water partition coefficient (Wildman–Crippen LogP) is 4.31. The first kappa shape index (κ1) is 19.2. The molecule has 0 aliphatic carbocycles. The number of nitrogens with one attached hydrogen (secondary N) is 1. The molecule has 0 fully saturated rings. The SMILES string of the molecule is CC(=O)N/N=C/c1ccc(OCc2ccccc2)c(OCc2ccccc2)c1. The number of amides is 1. The van der Waals surface area contributed by atoms with Crippen LogP contribution in [0.15, 0.2) is 84.0 Å². The third kappa shape index (κ3) is 5.99. The second kappa shape index (κ2) is 9.92. The molecule has 3 aromatic rings. The zero-order valence-corrected chi connectivity index (χ0v) is 15.7. The van der Waals surface area contributed by atoms with Gasteiger partial charge in [-0.25, -0.2) is 5.43 Å². The van der Waals surface area contributed by atoms with E-state index in [1.54, 1.807) is 6.21 Å². The Kier molecular flexibility index (Phi) is 6.79. The second-order valence-corrected chi connectivity index (χ2v) is 6.18. The number of hydrogen-bond donors (Lipinski definition) is 1. The molecule has 0 bridgehead atoms. The van der Waals surface area contributed by atoms with Gasteiger partial charge in [-0.2, -0.15) is 5.10 Å². The third-order valence-electron chi connectivity index (χ3n) is 3.88. The van der Waals surface area contributed by atoms with Crippen molar-refractivity contribution in [2.45, 2.75) is 20.1 Å². The van der Waals surface area contributed by atoms with Crippen molar-refractivity contribution >= 4 is 12.1 Å². The van der Waals surface area contributed by atoms with E-state index < -0.39 is 0 Å². The highest BCUT2D eigenvalue weighted by Gasteiger charge is 2.08. The van der Waals surface area contributed by atoms with Crippen LogP contribution in [-0.4, -0.2) is 12.1 Å². The monoisotopic (exact) mass is 374 g/mol. The van der Waals surface area contributed by atoms with Crippen LogP contribution in [0.5, 0.6) is 11.5 Å². The van der Waals surface area contributed by atoms with E-state index in [-0.39, 0.29) is 5.91 Å². The highest BCUT2D eigenvalue weighted by molar-refractivity contribution is 5.82. The minimum Gasteiger partial charge on any atom is -0.485 e. The largest absolute Gasteiger partial charge is 0.485 e. The minimum absolute atomic E-state index is 0.223. The number of hydrazone groups is 1. The molecule has 0 saturated heterocycles. The fourth-order valence-electron chi connectivity index (χ4n) is 2.51. The fraction of sp³-hybridized carbons (Fsp3) is 0.130. The number of carbonyl (C=O) groups excluding carboxylic acids is 1. The van der Waals surface area contributed by atoms with Crippen LogP contribution >= 0.6 is 0 Å². The van der Waals surface area contributed by atoms with E-state index in [1.807, 2.05) is 78.9 Å². The molecule has 5 heteroatoms. The smallest absolute Gasteiger partial charge is 0.236 e. The number of benzene rings is 3. The maximum Gasteiger partial charge on any atom is 0.236 e. The van der Waals surface area contributed by atoms with E-state index in [4.69, 9.17) is 9.47 Å². The van der Waals surface area contributed by atoms with Gasteiger partial charge in [-0.1, -0.05) is 60.7 Å². The fourth-order valence-corrected chi connectivity index (χ4v) is 2.51. The predicted molar refractivity (Wildman–Crippen MR) is 109 cm³/mol. The average molecular weight is 374 g/mol. The first-order valence-electron chi connectivity index (χ1n) is 8.98. The Morgan fingerprint density at radius 3 is 2.00 bits per heavy atom. The first-order valence-corrected chi connectivity index (χ1v) is 8.98. The molecule has 142 valence electrons. The van der Waals surface area contributed by atoms with Gasteiger partial charge < -0.3 is 9.47 Å². The number of ether oxygens (including phenoxy) is 2. The Bertz CT molecular complexity index is 925. The molecule has 0 spiro atoms. The van der Waals surface area contributed by atoms with Crippen molar-refractivity contribution in [1.82, 2.24) is 5.43 Å². The van der Waals surface area contributed by atoms with Gasteiger partial charge in [0.1, 0.15) is 13.2 Å². The van der Waals surface area contributed by atoms with Crippen LogP contribution in [0.25, 0.3) is 0 Å². The first-order chi connectivity index (χ1) is 13.7. The summed E-state index contributed by atoms with van der Waals surface area (Å²) in [5.41, 5.74) is 5.33. The normalized spacial score (nSPS) is 10.6. The molecular formula is C23H22N2O3. The van der Waals surface area contributed by atoms with Crippen molar-refractivity contribution in [3.63, 3.8) is 0 Å². The van der Waals surface area contributed by atoms with Crippen molar-refractivity contribution in [1.29, 1.82) is 0 Å². The second-order valence-electron chi connectivity index (χ2n) is 6.18. The highest BCUT2D eigenvalue weighted by Crippen LogP contribution is 2.29. The lowest BCUT2D eigenvalue weighted by Crippen LogP contribution is -2.12. The molecule has 28 heavy (non-hydrogen) atoms. The summed E-state index contributed by atoms with van der Waals surface area (Å²) < 4.78 is 12.0. The van der Waals surface area contributed by atoms with Crippen LogP contribution in [0.1, 0.15) is 23.6 Å². The maximum atomic E-state index is 11.0. The Balaban J connectivity index is 1.76. The summed E-state index contributed by atoms with van der Waals surface area (Å²) in [6, 6.07) is 25.4. The van der Waals surface area contributed by atoms with E-state index in [0.29, 0.717) is 24.7 Å². The van der Waals surface area contributed by atoms with Crippen molar-refractivity contribution in [2.24, 2.45) is 5.10 Å². The zero-order chi connectivity index (χ0) is 19.6. The van der Waals surface area contributed by atoms with Gasteiger partial charge in [-0.05, 0) is 34.9 Å². The molecule has 0 unspecified atom stereocenters. The summed E-state index contributed by atoms with van der Waals surface area (Å²) in [4.78, 5) is 11.0. The lowest BCUT2D eigenvalue weighted by molar-refractivity contribution is -0.118. The van der Waals surface area contributed by atoms with Crippen LogP contribution < -0.4 is 14.9 Å². The molecule has 1 N–H and O–H groups in total. The summed E-state index contributed by atoms with van der Waals surface area (Å²) >= 11 is 0. The van der Waals surface area contributed by atoms with Crippen LogP contribution in [-0.2, 0) is 18.0 Å². The number of hydrogen-bond acceptors (Lipinski definition) is 4. The zero-order valence-electron chi connectivity index (χ0n) is 15.7. The van der Waals surface area contributed by atoms with Crippen LogP contribution in [0.3, 0.4) is 0 Å². The van der Waals surface area contributed by atoms with E-state index in [9.17, 15) is 4.79 Å². The number of nitrogens with zero attached hydrogens (tertiary/aromatic N) is 1. The van der Waals surface area contributed by atoms with Crippen molar-refractivity contribution in [2.75, 3.05) is 0 Å². The molecule has 0 radical (unpaired) electrons. The lowest BCUT2D eigenvalue weighted by Gasteiger charge is -2.14. The Hall–Kier alpha value is -3.60.